The van der Waals surface area contributed by atoms with Crippen LogP contribution in [0.5, 0.6) is 0 Å². The third-order valence-corrected chi connectivity index (χ3v) is 5.18. The summed E-state index contributed by atoms with van der Waals surface area (Å²) < 4.78 is 2.55. The van der Waals surface area contributed by atoms with E-state index in [0.717, 1.165) is 36.8 Å². The molecule has 0 saturated heterocycles. The van der Waals surface area contributed by atoms with Crippen LogP contribution in [0, 0.1) is 0 Å². The van der Waals surface area contributed by atoms with E-state index in [1.165, 1.54) is 33.5 Å². The predicted molar refractivity (Wildman–Crippen MR) is 78.5 cm³/mol. The molecule has 0 atom stereocenters. The highest BCUT2D eigenvalue weighted by molar-refractivity contribution is 7.98. The highest BCUT2D eigenvalue weighted by atomic mass is 35.5. The second-order valence-corrected chi connectivity index (χ2v) is 6.56. The van der Waals surface area contributed by atoms with Gasteiger partial charge >= 0.3 is 0 Å². The Kier molecular flexibility index (Phi) is 2.61. The summed E-state index contributed by atoms with van der Waals surface area (Å²) in [5, 5.41) is 5.74. The molecule has 0 fully saturated rings. The molecule has 3 heterocycles. The van der Waals surface area contributed by atoms with E-state index in [-0.39, 0.29) is 0 Å². The second kappa shape index (κ2) is 4.19. The van der Waals surface area contributed by atoms with Crippen molar-refractivity contribution in [2.45, 2.75) is 25.3 Å². The lowest BCUT2D eigenvalue weighted by Crippen LogP contribution is -2.24. The molecule has 0 aliphatic carbocycles. The highest BCUT2D eigenvalue weighted by Crippen LogP contribution is 2.36. The van der Waals surface area contributed by atoms with Gasteiger partial charge in [0.15, 0.2) is 0 Å². The summed E-state index contributed by atoms with van der Waals surface area (Å²) in [6.07, 6.45) is 1.14. The summed E-state index contributed by atoms with van der Waals surface area (Å²) in [5.41, 5.74) is 5.87. The Bertz CT molecular complexity index is 632. The lowest BCUT2D eigenvalue weighted by atomic mass is 10.0. The molecule has 0 amide bonds. The molecule has 18 heavy (non-hydrogen) atoms. The standard InChI is InChI=1S/C14H15ClN2S/c15-10-5-9-8-18-4-3-17-13-1-2-16-7-12(13)11(6-10)14(9)17/h5-6,16H,1-4,7-8H2. The van der Waals surface area contributed by atoms with Gasteiger partial charge in [0.2, 0.25) is 0 Å². The minimum Gasteiger partial charge on any atom is -0.343 e. The van der Waals surface area contributed by atoms with Crippen LogP contribution in [0.1, 0.15) is 16.8 Å². The molecule has 94 valence electrons. The number of aromatic nitrogens is 1. The van der Waals surface area contributed by atoms with Crippen LogP contribution in [-0.2, 0) is 25.3 Å². The number of hydrogen-bond acceptors (Lipinski definition) is 2. The number of aryl methyl sites for hydroxylation is 1. The van der Waals surface area contributed by atoms with Crippen LogP contribution in [0.2, 0.25) is 5.02 Å². The van der Waals surface area contributed by atoms with Crippen molar-refractivity contribution in [1.29, 1.82) is 0 Å². The minimum absolute atomic E-state index is 0.880. The summed E-state index contributed by atoms with van der Waals surface area (Å²) >= 11 is 8.31. The van der Waals surface area contributed by atoms with Gasteiger partial charge in [-0.2, -0.15) is 11.8 Å². The molecule has 0 saturated carbocycles. The fourth-order valence-electron chi connectivity index (χ4n) is 3.26. The third kappa shape index (κ3) is 1.54. The van der Waals surface area contributed by atoms with Crippen LogP contribution in [-0.4, -0.2) is 16.9 Å². The van der Waals surface area contributed by atoms with Crippen molar-refractivity contribution in [2.24, 2.45) is 0 Å². The van der Waals surface area contributed by atoms with Gasteiger partial charge in [0.25, 0.3) is 0 Å². The molecule has 1 aromatic heterocycles. The Labute approximate surface area is 116 Å². The number of nitrogens with zero attached hydrogens (tertiary/aromatic N) is 1. The summed E-state index contributed by atoms with van der Waals surface area (Å²) in [5.74, 6) is 2.29. The third-order valence-electron chi connectivity index (χ3n) is 3.98. The van der Waals surface area contributed by atoms with Crippen molar-refractivity contribution >= 4 is 34.3 Å². The first-order valence-corrected chi connectivity index (χ1v) is 7.98. The van der Waals surface area contributed by atoms with Gasteiger partial charge in [-0.25, -0.2) is 0 Å². The van der Waals surface area contributed by atoms with Crippen LogP contribution in [0.4, 0.5) is 0 Å². The van der Waals surface area contributed by atoms with Crippen molar-refractivity contribution in [2.75, 3.05) is 12.3 Å². The van der Waals surface area contributed by atoms with Crippen molar-refractivity contribution in [1.82, 2.24) is 9.88 Å². The van der Waals surface area contributed by atoms with Crippen molar-refractivity contribution in [3.8, 4) is 0 Å². The topological polar surface area (TPSA) is 17.0 Å². The predicted octanol–water partition coefficient (Wildman–Crippen LogP) is 3.19. The van der Waals surface area contributed by atoms with Gasteiger partial charge in [-0.1, -0.05) is 11.6 Å². The molecule has 4 heteroatoms. The van der Waals surface area contributed by atoms with Crippen LogP contribution >= 0.6 is 23.4 Å². The molecule has 2 aromatic rings. The van der Waals surface area contributed by atoms with E-state index in [9.17, 15) is 0 Å². The molecule has 0 unspecified atom stereocenters. The summed E-state index contributed by atoms with van der Waals surface area (Å²) in [6.45, 7) is 3.23. The van der Waals surface area contributed by atoms with E-state index < -0.39 is 0 Å². The van der Waals surface area contributed by atoms with E-state index in [2.05, 4.69) is 22.0 Å². The van der Waals surface area contributed by atoms with E-state index in [1.54, 1.807) is 0 Å². The minimum atomic E-state index is 0.880. The van der Waals surface area contributed by atoms with Gasteiger partial charge < -0.3 is 9.88 Å². The normalized spacial score (nSPS) is 18.7. The number of thioether (sulfide) groups is 1. The van der Waals surface area contributed by atoms with Crippen molar-refractivity contribution < 1.29 is 0 Å². The number of fused-ring (bicyclic) bond motifs is 3. The quantitative estimate of drug-likeness (QED) is 0.797. The summed E-state index contributed by atoms with van der Waals surface area (Å²) in [6, 6.07) is 4.30. The Hall–Kier alpha value is -0.640. The smallest absolute Gasteiger partial charge is 0.0528 e. The summed E-state index contributed by atoms with van der Waals surface area (Å²) in [4.78, 5) is 0. The largest absolute Gasteiger partial charge is 0.343 e. The first-order chi connectivity index (χ1) is 8.84. The Morgan fingerprint density at radius 2 is 2.28 bits per heavy atom. The van der Waals surface area contributed by atoms with Crippen LogP contribution in [0.15, 0.2) is 12.1 Å². The van der Waals surface area contributed by atoms with Gasteiger partial charge in [0, 0.05) is 53.7 Å². The average molecular weight is 279 g/mol. The van der Waals surface area contributed by atoms with Gasteiger partial charge in [-0.05, 0) is 23.3 Å². The average Bonchev–Trinajstić information content (AvgIpc) is 2.55. The van der Waals surface area contributed by atoms with Crippen LogP contribution < -0.4 is 5.32 Å². The van der Waals surface area contributed by atoms with Gasteiger partial charge in [0.1, 0.15) is 0 Å². The number of benzene rings is 1. The fourth-order valence-corrected chi connectivity index (χ4v) is 4.39. The maximum Gasteiger partial charge on any atom is 0.0528 e. The second-order valence-electron chi connectivity index (χ2n) is 5.02. The zero-order valence-electron chi connectivity index (χ0n) is 10.1. The van der Waals surface area contributed by atoms with E-state index in [1.807, 2.05) is 11.8 Å². The van der Waals surface area contributed by atoms with Crippen molar-refractivity contribution in [3.63, 3.8) is 0 Å². The van der Waals surface area contributed by atoms with E-state index in [4.69, 9.17) is 11.6 Å². The van der Waals surface area contributed by atoms with Crippen LogP contribution in [0.25, 0.3) is 10.9 Å². The number of halogens is 1. The van der Waals surface area contributed by atoms with Gasteiger partial charge in [-0.3, -0.25) is 0 Å². The van der Waals surface area contributed by atoms with Gasteiger partial charge in [0.05, 0.1) is 5.52 Å². The Morgan fingerprint density at radius 3 is 3.22 bits per heavy atom. The maximum absolute atomic E-state index is 6.29. The first kappa shape index (κ1) is 11.2. The number of nitrogens with one attached hydrogen (secondary N) is 1. The first-order valence-electron chi connectivity index (χ1n) is 6.45. The molecule has 2 nitrogen and oxygen atoms in total. The molecule has 2 aliphatic heterocycles. The van der Waals surface area contributed by atoms with Crippen molar-refractivity contribution in [3.05, 3.63) is 34.0 Å². The highest BCUT2D eigenvalue weighted by Gasteiger charge is 2.23. The van der Waals surface area contributed by atoms with Gasteiger partial charge in [-0.15, -0.1) is 0 Å². The summed E-state index contributed by atoms with van der Waals surface area (Å²) in [7, 11) is 0. The Morgan fingerprint density at radius 1 is 1.33 bits per heavy atom. The molecular weight excluding hydrogens is 264 g/mol. The lowest BCUT2D eigenvalue weighted by molar-refractivity contribution is 0.608. The van der Waals surface area contributed by atoms with E-state index in [0.29, 0.717) is 0 Å². The number of rotatable bonds is 0. The van der Waals surface area contributed by atoms with E-state index >= 15 is 0 Å². The molecule has 0 spiro atoms. The lowest BCUT2D eigenvalue weighted by Gasteiger charge is -2.16. The fraction of sp³-hybridized carbons (Fsp3) is 0.429. The molecule has 1 N–H and O–H groups in total. The molecule has 0 radical (unpaired) electrons. The number of hydrogen-bond donors (Lipinski definition) is 1. The molecule has 1 aromatic carbocycles. The molecular formula is C14H15ClN2S. The Balaban J connectivity index is 2.12. The van der Waals surface area contributed by atoms with Crippen LogP contribution in [0.3, 0.4) is 0 Å². The molecule has 4 rings (SSSR count). The zero-order valence-corrected chi connectivity index (χ0v) is 11.7. The monoisotopic (exact) mass is 278 g/mol. The zero-order chi connectivity index (χ0) is 12.1. The SMILES string of the molecule is Clc1cc2c3c(c1)c1c(n3CCSC2)CCNC1. The maximum atomic E-state index is 6.29. The molecule has 0 bridgehead atoms. The molecule has 2 aliphatic rings.